The molecule has 11 heteroatoms. The monoisotopic (exact) mass is 413 g/mol. The predicted octanol–water partition coefficient (Wildman–Crippen LogP) is -1.73. The Morgan fingerprint density at radius 2 is 1.64 bits per heavy atom. The maximum Gasteiger partial charge on any atom is 0.327 e. The zero-order valence-electron chi connectivity index (χ0n) is 14.4. The molecule has 28 heavy (non-hydrogen) atoms. The van der Waals surface area contributed by atoms with E-state index in [-0.39, 0.29) is 16.9 Å². The normalized spacial score (nSPS) is 31.0. The number of nitrogens with zero attached hydrogens (tertiary/aromatic N) is 1. The van der Waals surface area contributed by atoms with Crippen molar-refractivity contribution in [2.45, 2.75) is 35.9 Å². The molecule has 0 bridgehead atoms. The number of benzene rings is 1. The Balaban J connectivity index is 1.75. The molecule has 0 saturated carbocycles. The van der Waals surface area contributed by atoms with Crippen molar-refractivity contribution in [3.63, 3.8) is 0 Å². The van der Waals surface area contributed by atoms with Gasteiger partial charge in [0.1, 0.15) is 35.9 Å². The van der Waals surface area contributed by atoms with E-state index in [4.69, 9.17) is 4.74 Å². The Morgan fingerprint density at radius 1 is 1.07 bits per heavy atom. The van der Waals surface area contributed by atoms with E-state index in [9.17, 15) is 39.9 Å². The van der Waals surface area contributed by atoms with Crippen LogP contribution in [0.1, 0.15) is 20.7 Å². The number of carboxylic acids is 1. The van der Waals surface area contributed by atoms with Crippen molar-refractivity contribution in [3.8, 4) is 0 Å². The van der Waals surface area contributed by atoms with Gasteiger partial charge in [0.25, 0.3) is 11.8 Å². The fourth-order valence-electron chi connectivity index (χ4n) is 3.14. The highest BCUT2D eigenvalue weighted by molar-refractivity contribution is 7.99. The average Bonchev–Trinajstić information content (AvgIpc) is 2.93. The molecule has 0 aliphatic carbocycles. The topological polar surface area (TPSA) is 165 Å². The largest absolute Gasteiger partial charge is 0.480 e. The van der Waals surface area contributed by atoms with Crippen LogP contribution in [0.3, 0.4) is 0 Å². The number of aliphatic carboxylic acids is 1. The number of imide groups is 1. The number of hydrogen-bond donors (Lipinski definition) is 5. The summed E-state index contributed by atoms with van der Waals surface area (Å²) >= 11 is 0.755. The minimum atomic E-state index is -1.61. The maximum absolute atomic E-state index is 12.5. The summed E-state index contributed by atoms with van der Waals surface area (Å²) in [7, 11) is 0. The van der Waals surface area contributed by atoms with Crippen LogP contribution >= 0.6 is 11.8 Å². The summed E-state index contributed by atoms with van der Waals surface area (Å²) < 4.78 is 5.31. The van der Waals surface area contributed by atoms with Gasteiger partial charge in [-0.25, -0.2) is 4.79 Å². The first-order chi connectivity index (χ1) is 13.3. The van der Waals surface area contributed by atoms with E-state index in [1.807, 2.05) is 0 Å². The number of aliphatic hydroxyl groups is 4. The van der Waals surface area contributed by atoms with Crippen LogP contribution in [0.2, 0.25) is 0 Å². The number of amides is 2. The van der Waals surface area contributed by atoms with Crippen LogP contribution in [0.25, 0.3) is 0 Å². The van der Waals surface area contributed by atoms with Crippen LogP contribution in [-0.4, -0.2) is 96.5 Å². The Bertz CT molecular complexity index is 751. The molecule has 2 heterocycles. The van der Waals surface area contributed by atoms with Crippen molar-refractivity contribution in [3.05, 3.63) is 35.4 Å². The summed E-state index contributed by atoms with van der Waals surface area (Å²) in [6.45, 7) is -0.622. The van der Waals surface area contributed by atoms with Gasteiger partial charge < -0.3 is 30.3 Å². The van der Waals surface area contributed by atoms with Gasteiger partial charge in [-0.3, -0.25) is 14.5 Å². The number of aliphatic hydroxyl groups excluding tert-OH is 4. The molecule has 2 amide bonds. The van der Waals surface area contributed by atoms with Crippen LogP contribution < -0.4 is 0 Å². The third-order valence-electron chi connectivity index (χ3n) is 4.69. The molecule has 1 saturated heterocycles. The zero-order chi connectivity index (χ0) is 20.6. The van der Waals surface area contributed by atoms with Crippen molar-refractivity contribution in [2.24, 2.45) is 0 Å². The number of fused-ring (bicyclic) bond motifs is 1. The highest BCUT2D eigenvalue weighted by Gasteiger charge is 2.46. The van der Waals surface area contributed by atoms with Crippen molar-refractivity contribution < 1.29 is 44.7 Å². The molecule has 1 aromatic rings. The Morgan fingerprint density at radius 3 is 2.14 bits per heavy atom. The van der Waals surface area contributed by atoms with Crippen molar-refractivity contribution >= 4 is 29.5 Å². The van der Waals surface area contributed by atoms with Crippen molar-refractivity contribution in [1.29, 1.82) is 0 Å². The van der Waals surface area contributed by atoms with E-state index >= 15 is 0 Å². The maximum atomic E-state index is 12.5. The van der Waals surface area contributed by atoms with E-state index in [1.165, 1.54) is 12.1 Å². The lowest BCUT2D eigenvalue weighted by atomic mass is 10.0. The molecule has 6 atom stereocenters. The van der Waals surface area contributed by atoms with Crippen LogP contribution in [0.15, 0.2) is 24.3 Å². The predicted molar refractivity (Wildman–Crippen MR) is 94.6 cm³/mol. The van der Waals surface area contributed by atoms with Gasteiger partial charge in [-0.1, -0.05) is 12.1 Å². The highest BCUT2D eigenvalue weighted by atomic mass is 32.2. The molecule has 10 nitrogen and oxygen atoms in total. The van der Waals surface area contributed by atoms with Crippen LogP contribution in [-0.2, 0) is 9.53 Å². The van der Waals surface area contributed by atoms with Crippen LogP contribution in [0.4, 0.5) is 0 Å². The van der Waals surface area contributed by atoms with Gasteiger partial charge in [0.05, 0.1) is 17.7 Å². The van der Waals surface area contributed by atoms with Gasteiger partial charge in [-0.05, 0) is 12.1 Å². The molecule has 5 N–H and O–H groups in total. The van der Waals surface area contributed by atoms with Gasteiger partial charge >= 0.3 is 5.97 Å². The second-order valence-electron chi connectivity index (χ2n) is 6.41. The standard InChI is InChI=1S/C17H19NO9S/c19-5-10-11(20)12(21)13(22)17(27-10)28-6-9(16(25)26)18-14(23)7-3-1-2-4-8(7)15(18)24/h1-4,9-13,17,19-22H,5-6H2,(H,25,26)/t9-,10+,11+,12-,13+,17+/m0/s1. The van der Waals surface area contributed by atoms with Crippen molar-refractivity contribution in [2.75, 3.05) is 12.4 Å². The number of carbonyl (C=O) groups excluding carboxylic acids is 2. The zero-order valence-corrected chi connectivity index (χ0v) is 15.2. The lowest BCUT2D eigenvalue weighted by Crippen LogP contribution is -2.58. The molecular formula is C17H19NO9S. The first-order valence-electron chi connectivity index (χ1n) is 8.39. The van der Waals surface area contributed by atoms with Gasteiger partial charge in [0.15, 0.2) is 0 Å². The summed E-state index contributed by atoms with van der Waals surface area (Å²) in [5.41, 5.74) is -0.958. The summed E-state index contributed by atoms with van der Waals surface area (Å²) in [5.74, 6) is -3.22. The number of rotatable bonds is 6. The van der Waals surface area contributed by atoms with Crippen LogP contribution in [0.5, 0.6) is 0 Å². The fourth-order valence-corrected chi connectivity index (χ4v) is 4.38. The molecular weight excluding hydrogens is 394 g/mol. The number of carboxylic acid groups (broad SMARTS) is 1. The van der Waals surface area contributed by atoms with E-state index in [0.29, 0.717) is 4.90 Å². The number of hydrogen-bond acceptors (Lipinski definition) is 9. The molecule has 2 aliphatic heterocycles. The van der Waals surface area contributed by atoms with Gasteiger partial charge in [0, 0.05) is 5.75 Å². The molecule has 0 spiro atoms. The SMILES string of the molecule is O=C(O)[C@H](CS[C@H]1O[C@H](CO)[C@@H](O)[C@H](O)[C@H]1O)N1C(=O)c2ccccc2C1=O. The smallest absolute Gasteiger partial charge is 0.327 e. The second kappa shape index (κ2) is 8.15. The van der Waals surface area contributed by atoms with E-state index < -0.39 is 60.3 Å². The number of carbonyl (C=O) groups is 3. The number of ether oxygens (including phenoxy) is 1. The minimum Gasteiger partial charge on any atom is -0.480 e. The molecule has 0 radical (unpaired) electrons. The van der Waals surface area contributed by atoms with Gasteiger partial charge in [0.2, 0.25) is 0 Å². The van der Waals surface area contributed by atoms with E-state index in [2.05, 4.69) is 0 Å². The molecule has 3 rings (SSSR count). The Labute approximate surface area is 163 Å². The third-order valence-corrected chi connectivity index (χ3v) is 5.92. The Hall–Kier alpha value is -2.02. The molecule has 1 aromatic carbocycles. The summed E-state index contributed by atoms with van der Waals surface area (Å²) in [6.07, 6.45) is -5.84. The first-order valence-corrected chi connectivity index (χ1v) is 9.44. The van der Waals surface area contributed by atoms with E-state index in [1.54, 1.807) is 12.1 Å². The van der Waals surface area contributed by atoms with E-state index in [0.717, 1.165) is 11.8 Å². The summed E-state index contributed by atoms with van der Waals surface area (Å²) in [4.78, 5) is 37.4. The highest BCUT2D eigenvalue weighted by Crippen LogP contribution is 2.31. The fraction of sp³-hybridized carbons (Fsp3) is 0.471. The molecule has 2 aliphatic rings. The summed E-state index contributed by atoms with van der Waals surface area (Å²) in [6, 6.07) is 4.45. The second-order valence-corrected chi connectivity index (χ2v) is 7.54. The molecule has 0 unspecified atom stereocenters. The Kier molecular flexibility index (Phi) is 6.03. The number of thioether (sulfide) groups is 1. The molecule has 152 valence electrons. The van der Waals surface area contributed by atoms with Crippen molar-refractivity contribution in [1.82, 2.24) is 4.90 Å². The quantitative estimate of drug-likeness (QED) is 0.338. The van der Waals surface area contributed by atoms with Crippen LogP contribution in [0, 0.1) is 0 Å². The summed E-state index contributed by atoms with van der Waals surface area (Å²) in [5, 5.41) is 48.4. The van der Waals surface area contributed by atoms with Gasteiger partial charge in [-0.2, -0.15) is 0 Å². The lowest BCUT2D eigenvalue weighted by molar-refractivity contribution is -0.205. The molecule has 1 fully saturated rings. The van der Waals surface area contributed by atoms with Gasteiger partial charge in [-0.15, -0.1) is 11.8 Å². The average molecular weight is 413 g/mol. The minimum absolute atomic E-state index is 0.108. The first kappa shape index (κ1) is 20.7. The lowest BCUT2D eigenvalue weighted by Gasteiger charge is -2.40. The third kappa shape index (κ3) is 3.52. The molecule has 0 aromatic heterocycles.